The van der Waals surface area contributed by atoms with Gasteiger partial charge in [0.1, 0.15) is 17.2 Å². The third kappa shape index (κ3) is 3.30. The number of fused-ring (bicyclic) bond motifs is 2. The zero-order valence-electron chi connectivity index (χ0n) is 15.9. The molecule has 4 aromatic rings. The lowest BCUT2D eigenvalue weighted by molar-refractivity contribution is -0.116. The van der Waals surface area contributed by atoms with Gasteiger partial charge in [0.15, 0.2) is 0 Å². The molecule has 1 N–H and O–H groups in total. The quantitative estimate of drug-likeness (QED) is 0.523. The normalized spacial score (nSPS) is 13.0. The van der Waals surface area contributed by atoms with Gasteiger partial charge in [0.25, 0.3) is 5.56 Å². The van der Waals surface area contributed by atoms with E-state index in [1.807, 2.05) is 35.0 Å². The van der Waals surface area contributed by atoms with Gasteiger partial charge in [0.2, 0.25) is 5.91 Å². The molecule has 29 heavy (non-hydrogen) atoms. The van der Waals surface area contributed by atoms with Crippen molar-refractivity contribution in [3.8, 4) is 10.4 Å². The summed E-state index contributed by atoms with van der Waals surface area (Å²) in [5.41, 5.74) is 4.18. The molecule has 0 saturated heterocycles. The van der Waals surface area contributed by atoms with E-state index in [9.17, 15) is 9.59 Å². The number of hydrogen-bond donors (Lipinski definition) is 1. The van der Waals surface area contributed by atoms with Gasteiger partial charge >= 0.3 is 0 Å². The molecule has 0 unspecified atom stereocenters. The summed E-state index contributed by atoms with van der Waals surface area (Å²) in [6, 6.07) is 10.0. The summed E-state index contributed by atoms with van der Waals surface area (Å²) >= 11 is 3.05. The van der Waals surface area contributed by atoms with Crippen molar-refractivity contribution >= 4 is 44.5 Å². The monoisotopic (exact) mass is 421 g/mol. The molecule has 5 nitrogen and oxygen atoms in total. The molecule has 1 aromatic carbocycles. The first-order chi connectivity index (χ1) is 14.1. The SMILES string of the molecule is Cc1nc2scc(-c3cccs3)c2c(=O)n1CC(=O)Nc1ccc2c(c1)CCC2. The fourth-order valence-electron chi connectivity index (χ4n) is 3.92. The summed E-state index contributed by atoms with van der Waals surface area (Å²) in [5.74, 6) is 0.327. The highest BCUT2D eigenvalue weighted by atomic mass is 32.1. The van der Waals surface area contributed by atoms with Crippen molar-refractivity contribution in [3.63, 3.8) is 0 Å². The van der Waals surface area contributed by atoms with Crippen LogP contribution in [0.3, 0.4) is 0 Å². The third-order valence-corrected chi connectivity index (χ3v) is 7.13. The Labute approximate surface area is 175 Å². The Balaban J connectivity index is 1.46. The van der Waals surface area contributed by atoms with E-state index in [1.165, 1.54) is 33.5 Å². The minimum atomic E-state index is -0.220. The minimum absolute atomic E-state index is 0.0512. The Bertz CT molecular complexity index is 1290. The zero-order valence-corrected chi connectivity index (χ0v) is 17.5. The van der Waals surface area contributed by atoms with Crippen LogP contribution in [0, 0.1) is 6.92 Å². The highest BCUT2D eigenvalue weighted by molar-refractivity contribution is 7.18. The average Bonchev–Trinajstić information content (AvgIpc) is 3.44. The van der Waals surface area contributed by atoms with Crippen LogP contribution in [0.5, 0.6) is 0 Å². The number of carbonyl (C=O) groups is 1. The molecule has 0 aliphatic heterocycles. The van der Waals surface area contributed by atoms with Crippen molar-refractivity contribution in [1.29, 1.82) is 0 Å². The summed E-state index contributed by atoms with van der Waals surface area (Å²) in [6.45, 7) is 1.72. The van der Waals surface area contributed by atoms with Crippen molar-refractivity contribution in [1.82, 2.24) is 9.55 Å². The molecule has 1 aliphatic rings. The standard InChI is InChI=1S/C22H19N3O2S2/c1-13-23-21-20(17(12-29-21)18-6-3-9-28-18)22(27)25(13)11-19(26)24-16-8-7-14-4-2-5-15(14)10-16/h3,6-10,12H,2,4-5,11H2,1H3,(H,24,26). The van der Waals surface area contributed by atoms with Gasteiger partial charge in [0.05, 0.1) is 5.39 Å². The van der Waals surface area contributed by atoms with Gasteiger partial charge in [-0.25, -0.2) is 4.98 Å². The number of nitrogens with one attached hydrogen (secondary N) is 1. The lowest BCUT2D eigenvalue weighted by Crippen LogP contribution is -2.30. The largest absolute Gasteiger partial charge is 0.325 e. The van der Waals surface area contributed by atoms with Crippen LogP contribution >= 0.6 is 22.7 Å². The molecular formula is C22H19N3O2S2. The molecule has 7 heteroatoms. The Kier molecular flexibility index (Phi) is 4.56. The fourth-order valence-corrected chi connectivity index (χ4v) is 5.72. The predicted molar refractivity (Wildman–Crippen MR) is 119 cm³/mol. The summed E-state index contributed by atoms with van der Waals surface area (Å²) in [6.07, 6.45) is 3.33. The molecule has 0 fully saturated rings. The van der Waals surface area contributed by atoms with Crippen LogP contribution in [-0.2, 0) is 24.2 Å². The molecule has 0 saturated carbocycles. The number of thiophene rings is 2. The highest BCUT2D eigenvalue weighted by Crippen LogP contribution is 2.33. The number of aryl methyl sites for hydroxylation is 3. The van der Waals surface area contributed by atoms with E-state index in [2.05, 4.69) is 16.4 Å². The van der Waals surface area contributed by atoms with E-state index in [-0.39, 0.29) is 18.0 Å². The maximum atomic E-state index is 13.2. The minimum Gasteiger partial charge on any atom is -0.325 e. The maximum Gasteiger partial charge on any atom is 0.263 e. The zero-order chi connectivity index (χ0) is 20.0. The van der Waals surface area contributed by atoms with E-state index in [4.69, 9.17) is 0 Å². The van der Waals surface area contributed by atoms with E-state index >= 15 is 0 Å². The summed E-state index contributed by atoms with van der Waals surface area (Å²) in [5, 5.41) is 7.49. The number of benzene rings is 1. The maximum absolute atomic E-state index is 13.2. The van der Waals surface area contributed by atoms with Crippen molar-refractivity contribution in [2.45, 2.75) is 32.7 Å². The van der Waals surface area contributed by atoms with Crippen LogP contribution in [0.15, 0.2) is 45.9 Å². The molecule has 1 amide bonds. The topological polar surface area (TPSA) is 64.0 Å². The van der Waals surface area contributed by atoms with Crippen LogP contribution in [0.25, 0.3) is 20.7 Å². The number of nitrogens with zero attached hydrogens (tertiary/aromatic N) is 2. The summed E-state index contributed by atoms with van der Waals surface area (Å²) in [4.78, 5) is 32.2. The highest BCUT2D eigenvalue weighted by Gasteiger charge is 2.18. The van der Waals surface area contributed by atoms with Gasteiger partial charge in [-0.15, -0.1) is 22.7 Å². The smallest absolute Gasteiger partial charge is 0.263 e. The second-order valence-electron chi connectivity index (χ2n) is 7.24. The van der Waals surface area contributed by atoms with Crippen molar-refractivity contribution < 1.29 is 4.79 Å². The Morgan fingerprint density at radius 2 is 2.07 bits per heavy atom. The van der Waals surface area contributed by atoms with Crippen molar-refractivity contribution in [3.05, 3.63) is 68.4 Å². The fraction of sp³-hybridized carbons (Fsp3) is 0.227. The number of rotatable bonds is 4. The first kappa shape index (κ1) is 18.3. The lowest BCUT2D eigenvalue weighted by Gasteiger charge is -2.11. The summed E-state index contributed by atoms with van der Waals surface area (Å²) < 4.78 is 1.47. The number of anilines is 1. The van der Waals surface area contributed by atoms with Crippen LogP contribution in [0.2, 0.25) is 0 Å². The van der Waals surface area contributed by atoms with Gasteiger partial charge in [-0.3, -0.25) is 14.2 Å². The molecule has 0 spiro atoms. The Morgan fingerprint density at radius 1 is 1.21 bits per heavy atom. The lowest BCUT2D eigenvalue weighted by atomic mass is 10.1. The average molecular weight is 422 g/mol. The number of hydrogen-bond acceptors (Lipinski definition) is 5. The van der Waals surface area contributed by atoms with E-state index in [1.54, 1.807) is 18.3 Å². The molecule has 0 bridgehead atoms. The second kappa shape index (κ2) is 7.24. The molecule has 3 heterocycles. The molecule has 1 aliphatic carbocycles. The Hall–Kier alpha value is -2.77. The van der Waals surface area contributed by atoms with Crippen molar-refractivity contribution in [2.75, 3.05) is 5.32 Å². The van der Waals surface area contributed by atoms with Gasteiger partial charge < -0.3 is 5.32 Å². The third-order valence-electron chi connectivity index (χ3n) is 5.36. The second-order valence-corrected chi connectivity index (χ2v) is 9.05. The van der Waals surface area contributed by atoms with E-state index < -0.39 is 0 Å². The van der Waals surface area contributed by atoms with E-state index in [0.717, 1.165) is 29.0 Å². The van der Waals surface area contributed by atoms with Gasteiger partial charge in [-0.05, 0) is 60.9 Å². The molecule has 0 atom stereocenters. The van der Waals surface area contributed by atoms with Crippen LogP contribution in [-0.4, -0.2) is 15.5 Å². The van der Waals surface area contributed by atoms with Crippen molar-refractivity contribution in [2.24, 2.45) is 0 Å². The Morgan fingerprint density at radius 3 is 2.90 bits per heavy atom. The molecular weight excluding hydrogens is 402 g/mol. The first-order valence-corrected chi connectivity index (χ1v) is 11.3. The summed E-state index contributed by atoms with van der Waals surface area (Å²) in [7, 11) is 0. The number of aromatic nitrogens is 2. The molecule has 146 valence electrons. The van der Waals surface area contributed by atoms with Gasteiger partial charge in [0, 0.05) is 21.5 Å². The molecule has 0 radical (unpaired) electrons. The predicted octanol–water partition coefficient (Wildman–Crippen LogP) is 4.62. The van der Waals surface area contributed by atoms with Crippen LogP contribution < -0.4 is 10.9 Å². The van der Waals surface area contributed by atoms with Crippen LogP contribution in [0.1, 0.15) is 23.4 Å². The number of carbonyl (C=O) groups excluding carboxylic acids is 1. The number of amides is 1. The molecule has 3 aromatic heterocycles. The van der Waals surface area contributed by atoms with Gasteiger partial charge in [-0.1, -0.05) is 12.1 Å². The van der Waals surface area contributed by atoms with E-state index in [0.29, 0.717) is 16.0 Å². The molecule has 5 rings (SSSR count). The first-order valence-electron chi connectivity index (χ1n) is 9.54. The van der Waals surface area contributed by atoms with Gasteiger partial charge in [-0.2, -0.15) is 0 Å². The van der Waals surface area contributed by atoms with Crippen LogP contribution in [0.4, 0.5) is 5.69 Å².